The van der Waals surface area contributed by atoms with Crippen LogP contribution in [-0.2, 0) is 9.47 Å². The molecular formula is C28H45N3O6. The first-order chi connectivity index (χ1) is 17.9. The Labute approximate surface area is 221 Å². The number of carbonyl (C=O) groups excluding carboxylic acids is 2. The molecule has 1 saturated carbocycles. The van der Waals surface area contributed by atoms with Crippen LogP contribution in [0, 0.1) is 0 Å². The van der Waals surface area contributed by atoms with Gasteiger partial charge >= 0.3 is 6.09 Å². The van der Waals surface area contributed by atoms with Crippen molar-refractivity contribution in [3.63, 3.8) is 0 Å². The summed E-state index contributed by atoms with van der Waals surface area (Å²) in [6.45, 7) is 8.89. The Kier molecular flexibility index (Phi) is 11.3. The maximum absolute atomic E-state index is 13.7. The van der Waals surface area contributed by atoms with Crippen molar-refractivity contribution in [2.75, 3.05) is 47.1 Å². The summed E-state index contributed by atoms with van der Waals surface area (Å²) < 4.78 is 21.7. The van der Waals surface area contributed by atoms with Crippen LogP contribution < -0.4 is 14.8 Å². The SMILES string of the molecule is CCOC(=O)N(CC[C@H]1CC[C@@H](N(C(=O)c2ccc(OC)c(OCCCOC)c2)C(C)C)CN1)C1CC1. The molecule has 2 fully saturated rings. The molecule has 0 radical (unpaired) electrons. The highest BCUT2D eigenvalue weighted by Gasteiger charge is 2.35. The Morgan fingerprint density at radius 1 is 1.05 bits per heavy atom. The number of amides is 2. The van der Waals surface area contributed by atoms with Crippen molar-refractivity contribution in [2.24, 2.45) is 0 Å². The summed E-state index contributed by atoms with van der Waals surface area (Å²) in [6, 6.07) is 6.19. The number of nitrogens with one attached hydrogen (secondary N) is 1. The Morgan fingerprint density at radius 3 is 2.41 bits per heavy atom. The zero-order chi connectivity index (χ0) is 26.8. The smallest absolute Gasteiger partial charge is 0.409 e. The first-order valence-electron chi connectivity index (χ1n) is 13.7. The first-order valence-corrected chi connectivity index (χ1v) is 13.7. The number of nitrogens with zero attached hydrogens (tertiary/aromatic N) is 2. The fourth-order valence-corrected chi connectivity index (χ4v) is 4.97. The zero-order valence-electron chi connectivity index (χ0n) is 23.2. The number of hydrogen-bond donors (Lipinski definition) is 1. The summed E-state index contributed by atoms with van der Waals surface area (Å²) in [7, 11) is 3.26. The molecule has 1 aromatic rings. The van der Waals surface area contributed by atoms with E-state index in [1.165, 1.54) is 0 Å². The average molecular weight is 520 g/mol. The summed E-state index contributed by atoms with van der Waals surface area (Å²) in [6.07, 6.45) is 5.45. The molecule has 1 N–H and O–H groups in total. The molecule has 1 aromatic carbocycles. The molecule has 2 amide bonds. The lowest BCUT2D eigenvalue weighted by molar-refractivity contribution is 0.0546. The van der Waals surface area contributed by atoms with Crippen LogP contribution in [0.5, 0.6) is 11.5 Å². The molecule has 2 aliphatic rings. The highest BCUT2D eigenvalue weighted by Crippen LogP contribution is 2.31. The minimum atomic E-state index is -0.197. The quantitative estimate of drug-likeness (QED) is 0.370. The number of methoxy groups -OCH3 is 2. The number of rotatable bonds is 14. The van der Waals surface area contributed by atoms with Crippen molar-refractivity contribution in [1.82, 2.24) is 15.1 Å². The highest BCUT2D eigenvalue weighted by molar-refractivity contribution is 5.95. The molecule has 1 heterocycles. The molecule has 37 heavy (non-hydrogen) atoms. The molecule has 1 aliphatic carbocycles. The number of hydrogen-bond acceptors (Lipinski definition) is 7. The number of piperidine rings is 1. The van der Waals surface area contributed by atoms with Gasteiger partial charge in [0.2, 0.25) is 0 Å². The van der Waals surface area contributed by atoms with Crippen LogP contribution in [0.4, 0.5) is 4.79 Å². The summed E-state index contributed by atoms with van der Waals surface area (Å²) in [5.74, 6) is 1.17. The van der Waals surface area contributed by atoms with Crippen LogP contribution in [0.15, 0.2) is 18.2 Å². The van der Waals surface area contributed by atoms with Crippen molar-refractivity contribution in [3.8, 4) is 11.5 Å². The average Bonchev–Trinajstić information content (AvgIpc) is 3.73. The van der Waals surface area contributed by atoms with Gasteiger partial charge in [0.05, 0.1) is 20.3 Å². The fraction of sp³-hybridized carbons (Fsp3) is 0.714. The van der Waals surface area contributed by atoms with E-state index in [2.05, 4.69) is 19.2 Å². The van der Waals surface area contributed by atoms with E-state index in [0.717, 1.165) is 45.1 Å². The summed E-state index contributed by atoms with van der Waals surface area (Å²) in [4.78, 5) is 29.8. The van der Waals surface area contributed by atoms with E-state index in [1.807, 2.05) is 16.7 Å². The molecule has 1 aliphatic heterocycles. The van der Waals surface area contributed by atoms with E-state index < -0.39 is 0 Å². The summed E-state index contributed by atoms with van der Waals surface area (Å²) in [5.41, 5.74) is 0.591. The van der Waals surface area contributed by atoms with E-state index in [-0.39, 0.29) is 24.1 Å². The molecule has 0 aromatic heterocycles. The van der Waals surface area contributed by atoms with E-state index in [1.54, 1.807) is 32.4 Å². The molecule has 0 spiro atoms. The van der Waals surface area contributed by atoms with E-state index in [9.17, 15) is 9.59 Å². The van der Waals surface area contributed by atoms with Gasteiger partial charge in [0.1, 0.15) is 0 Å². The number of ether oxygens (including phenoxy) is 4. The second kappa shape index (κ2) is 14.4. The maximum atomic E-state index is 13.7. The maximum Gasteiger partial charge on any atom is 0.409 e. The van der Waals surface area contributed by atoms with Crippen molar-refractivity contribution < 1.29 is 28.5 Å². The van der Waals surface area contributed by atoms with Gasteiger partial charge in [-0.2, -0.15) is 0 Å². The number of benzene rings is 1. The topological polar surface area (TPSA) is 89.6 Å². The Hall–Kier alpha value is -2.52. The lowest BCUT2D eigenvalue weighted by atomic mass is 9.95. The third-order valence-corrected chi connectivity index (χ3v) is 7.04. The van der Waals surface area contributed by atoms with Crippen molar-refractivity contribution >= 4 is 12.0 Å². The van der Waals surface area contributed by atoms with Gasteiger partial charge < -0.3 is 34.1 Å². The van der Waals surface area contributed by atoms with Gasteiger partial charge in [-0.15, -0.1) is 0 Å². The predicted molar refractivity (Wildman–Crippen MR) is 142 cm³/mol. The van der Waals surface area contributed by atoms with Crippen molar-refractivity contribution in [3.05, 3.63) is 23.8 Å². The molecule has 208 valence electrons. The largest absolute Gasteiger partial charge is 0.493 e. The predicted octanol–water partition coefficient (Wildman–Crippen LogP) is 4.09. The Bertz CT molecular complexity index is 867. The first kappa shape index (κ1) is 29.0. The molecule has 2 atom stereocenters. The minimum absolute atomic E-state index is 0.00753. The van der Waals surface area contributed by atoms with Crippen LogP contribution in [-0.4, -0.2) is 93.1 Å². The number of carbonyl (C=O) groups is 2. The van der Waals surface area contributed by atoms with Crippen LogP contribution in [0.25, 0.3) is 0 Å². The third kappa shape index (κ3) is 8.23. The van der Waals surface area contributed by atoms with Gasteiger partial charge in [0, 0.05) is 63.0 Å². The standard InChI is InChI=1S/C28H45N3O6/c1-6-36-28(33)30(23-11-12-23)15-14-22-9-10-24(19-29-22)31(20(2)3)27(32)21-8-13-25(35-5)26(18-21)37-17-7-16-34-4/h8,13,18,20,22-24,29H,6-7,9-12,14-17,19H2,1-5H3/t22-,24-/m1/s1. The molecule has 3 rings (SSSR count). The Morgan fingerprint density at radius 2 is 1.81 bits per heavy atom. The lowest BCUT2D eigenvalue weighted by Crippen LogP contribution is -2.54. The van der Waals surface area contributed by atoms with Gasteiger partial charge in [-0.05, 0) is 71.1 Å². The fourth-order valence-electron chi connectivity index (χ4n) is 4.97. The van der Waals surface area contributed by atoms with Gasteiger partial charge in [-0.25, -0.2) is 4.79 Å². The Balaban J connectivity index is 1.58. The van der Waals surface area contributed by atoms with Crippen molar-refractivity contribution in [2.45, 2.75) is 83.5 Å². The molecular weight excluding hydrogens is 474 g/mol. The van der Waals surface area contributed by atoms with Gasteiger partial charge in [0.15, 0.2) is 11.5 Å². The second-order valence-corrected chi connectivity index (χ2v) is 10.1. The van der Waals surface area contributed by atoms with Crippen molar-refractivity contribution in [1.29, 1.82) is 0 Å². The molecule has 1 saturated heterocycles. The second-order valence-electron chi connectivity index (χ2n) is 10.1. The van der Waals surface area contributed by atoms with Crippen LogP contribution in [0.1, 0.15) is 69.7 Å². The summed E-state index contributed by atoms with van der Waals surface area (Å²) in [5, 5.41) is 3.64. The molecule has 0 bridgehead atoms. The van der Waals surface area contributed by atoms with Gasteiger partial charge in [-0.1, -0.05) is 0 Å². The van der Waals surface area contributed by atoms with Crippen LogP contribution in [0.2, 0.25) is 0 Å². The minimum Gasteiger partial charge on any atom is -0.493 e. The zero-order valence-corrected chi connectivity index (χ0v) is 23.2. The van der Waals surface area contributed by atoms with Crippen LogP contribution >= 0.6 is 0 Å². The monoisotopic (exact) mass is 519 g/mol. The molecule has 9 nitrogen and oxygen atoms in total. The van der Waals surface area contributed by atoms with E-state index >= 15 is 0 Å². The molecule has 9 heteroatoms. The van der Waals surface area contributed by atoms with Gasteiger partial charge in [-0.3, -0.25) is 4.79 Å². The normalized spacial score (nSPS) is 19.4. The summed E-state index contributed by atoms with van der Waals surface area (Å²) >= 11 is 0. The third-order valence-electron chi connectivity index (χ3n) is 7.04. The highest BCUT2D eigenvalue weighted by atomic mass is 16.6. The van der Waals surface area contributed by atoms with E-state index in [4.69, 9.17) is 18.9 Å². The van der Waals surface area contributed by atoms with Gasteiger partial charge in [0.25, 0.3) is 5.91 Å². The van der Waals surface area contributed by atoms with Crippen LogP contribution in [0.3, 0.4) is 0 Å². The van der Waals surface area contributed by atoms with E-state index in [0.29, 0.717) is 55.5 Å². The lowest BCUT2D eigenvalue weighted by Gasteiger charge is -2.40. The molecule has 0 unspecified atom stereocenters.